The maximum atomic E-state index is 6.55. The second-order valence-corrected chi connectivity index (χ2v) is 17.6. The Kier molecular flexibility index (Phi) is 16.6. The first-order valence-corrected chi connectivity index (χ1v) is 22.2. The highest BCUT2D eigenvalue weighted by Crippen LogP contribution is 2.55. The molecule has 0 aromatic heterocycles. The summed E-state index contributed by atoms with van der Waals surface area (Å²) in [7, 11) is 0. The van der Waals surface area contributed by atoms with Crippen molar-refractivity contribution in [3.8, 4) is 11.5 Å². The molecule has 0 amide bonds. The van der Waals surface area contributed by atoms with E-state index in [1.807, 2.05) is 13.8 Å². The molecule has 0 radical (unpaired) electrons. The van der Waals surface area contributed by atoms with Gasteiger partial charge in [0.05, 0.1) is 0 Å². The maximum Gasteiger partial charge on any atom is 0.141 e. The van der Waals surface area contributed by atoms with E-state index in [-0.39, 0.29) is 17.1 Å². The van der Waals surface area contributed by atoms with Gasteiger partial charge in [-0.15, -0.1) is 0 Å². The molecule has 2 unspecified atom stereocenters. The Balaban J connectivity index is 0.000000188. The fraction of sp³-hybridized carbons (Fsp3) is 0.379. The van der Waals surface area contributed by atoms with Gasteiger partial charge in [0.2, 0.25) is 0 Å². The van der Waals surface area contributed by atoms with Gasteiger partial charge in [0.15, 0.2) is 0 Å². The summed E-state index contributed by atoms with van der Waals surface area (Å²) in [6.45, 7) is 34.4. The SMILES string of the molecule is CC.CCc1cccc(C)c1.Cc1ccc(C)cc1.Cc1ccc(C2(C)Oc3cc(C)c(C)cc3C2(C)C)c(C)c1.Cc1ccc(C2CCc3ccc(C)cc3O2)c(C)c1. The minimum absolute atomic E-state index is 0.0686. The zero-order chi connectivity index (χ0) is 44.4. The van der Waals surface area contributed by atoms with Crippen molar-refractivity contribution in [2.75, 3.05) is 0 Å². The number of ether oxygens (including phenoxy) is 2. The van der Waals surface area contributed by atoms with Gasteiger partial charge in [0.1, 0.15) is 23.2 Å². The van der Waals surface area contributed by atoms with E-state index in [1.54, 1.807) is 0 Å². The van der Waals surface area contributed by atoms with Gasteiger partial charge in [0, 0.05) is 11.0 Å². The van der Waals surface area contributed by atoms with Gasteiger partial charge in [-0.1, -0.05) is 166 Å². The quantitative estimate of drug-likeness (QED) is 0.177. The number of benzene rings is 6. The average Bonchev–Trinajstić information content (AvgIpc) is 3.40. The van der Waals surface area contributed by atoms with Crippen LogP contribution in [0.2, 0.25) is 0 Å². The largest absolute Gasteiger partial charge is 0.485 e. The van der Waals surface area contributed by atoms with E-state index in [9.17, 15) is 0 Å². The molecule has 2 aliphatic heterocycles. The minimum Gasteiger partial charge on any atom is -0.485 e. The highest BCUT2D eigenvalue weighted by atomic mass is 16.5. The van der Waals surface area contributed by atoms with Gasteiger partial charge in [-0.25, -0.2) is 0 Å². The fourth-order valence-corrected chi connectivity index (χ4v) is 8.16. The van der Waals surface area contributed by atoms with Crippen LogP contribution in [0.3, 0.4) is 0 Å². The molecule has 0 saturated heterocycles. The molecule has 6 aromatic carbocycles. The standard InChI is InChI=1S/C21H26O.C18H20O.C9H12.C8H10.C2H6/c1-13-8-9-17(16(4)10-13)21(7)20(5,6)18-11-14(2)15(3)12-19(18)22-21;1-12-5-8-16(14(3)10-12)17-9-7-15-6-4-13(2)11-18(15)19-17;1-3-9-6-4-5-8(2)7-9;1-7-3-5-8(2)6-4-7;1-2/h8-12H,1-7H3;4-6,8,10-11,17H,7,9H2,1-3H3;4-7H,3H2,1-2H3;3-6H,1-2H3;1-2H3. The van der Waals surface area contributed by atoms with Crippen molar-refractivity contribution < 1.29 is 9.47 Å². The lowest BCUT2D eigenvalue weighted by atomic mass is 9.68. The van der Waals surface area contributed by atoms with Crippen LogP contribution in [0, 0.1) is 69.2 Å². The van der Waals surface area contributed by atoms with Crippen LogP contribution in [-0.4, -0.2) is 0 Å². The molecule has 2 atom stereocenters. The van der Waals surface area contributed by atoms with Gasteiger partial charge < -0.3 is 9.47 Å². The minimum atomic E-state index is -0.340. The van der Waals surface area contributed by atoms with Crippen molar-refractivity contribution in [2.45, 2.75) is 147 Å². The number of hydrogen-bond donors (Lipinski definition) is 0. The lowest BCUT2D eigenvalue weighted by Gasteiger charge is -2.38. The Hall–Kier alpha value is -5.08. The fourth-order valence-electron chi connectivity index (χ4n) is 8.16. The molecule has 0 fully saturated rings. The Morgan fingerprint density at radius 2 is 1.03 bits per heavy atom. The van der Waals surface area contributed by atoms with Crippen molar-refractivity contribution in [1.29, 1.82) is 0 Å². The second-order valence-electron chi connectivity index (χ2n) is 17.6. The third kappa shape index (κ3) is 11.6. The van der Waals surface area contributed by atoms with E-state index in [2.05, 4.69) is 212 Å². The lowest BCUT2D eigenvalue weighted by molar-refractivity contribution is 0.0472. The van der Waals surface area contributed by atoms with E-state index in [0.29, 0.717) is 0 Å². The molecule has 6 aromatic rings. The van der Waals surface area contributed by atoms with E-state index < -0.39 is 0 Å². The predicted octanol–water partition coefficient (Wildman–Crippen LogP) is 16.1. The van der Waals surface area contributed by atoms with Crippen molar-refractivity contribution >= 4 is 0 Å². The van der Waals surface area contributed by atoms with Crippen LogP contribution in [0.1, 0.15) is 138 Å². The van der Waals surface area contributed by atoms with Gasteiger partial charge in [0.25, 0.3) is 0 Å². The predicted molar refractivity (Wildman–Crippen MR) is 259 cm³/mol. The van der Waals surface area contributed by atoms with Crippen molar-refractivity contribution in [1.82, 2.24) is 0 Å². The lowest BCUT2D eigenvalue weighted by Crippen LogP contribution is -2.43. The second kappa shape index (κ2) is 20.9. The first kappa shape index (κ1) is 47.6. The van der Waals surface area contributed by atoms with Crippen molar-refractivity contribution in [3.63, 3.8) is 0 Å². The van der Waals surface area contributed by atoms with Crippen molar-refractivity contribution in [2.24, 2.45) is 0 Å². The molecule has 2 heterocycles. The summed E-state index contributed by atoms with van der Waals surface area (Å²) in [5.41, 5.74) is 19.4. The summed E-state index contributed by atoms with van der Waals surface area (Å²) in [6.07, 6.45) is 3.52. The summed E-state index contributed by atoms with van der Waals surface area (Å²) in [6, 6.07) is 41.4. The number of rotatable bonds is 3. The first-order valence-electron chi connectivity index (χ1n) is 22.2. The van der Waals surface area contributed by atoms with Gasteiger partial charge >= 0.3 is 0 Å². The molecule has 60 heavy (non-hydrogen) atoms. The van der Waals surface area contributed by atoms with E-state index in [4.69, 9.17) is 9.47 Å². The molecular formula is C58H74O2. The molecule has 2 nitrogen and oxygen atoms in total. The van der Waals surface area contributed by atoms with E-state index in [1.165, 1.54) is 83.5 Å². The normalized spacial score (nSPS) is 16.6. The van der Waals surface area contributed by atoms with Crippen LogP contribution >= 0.6 is 0 Å². The topological polar surface area (TPSA) is 18.5 Å². The molecule has 0 spiro atoms. The highest BCUT2D eigenvalue weighted by molar-refractivity contribution is 5.54. The highest BCUT2D eigenvalue weighted by Gasteiger charge is 2.53. The molecule has 8 rings (SSSR count). The van der Waals surface area contributed by atoms with Crippen molar-refractivity contribution in [3.05, 3.63) is 199 Å². The Labute approximate surface area is 365 Å². The van der Waals surface area contributed by atoms with Crippen LogP contribution in [0.5, 0.6) is 11.5 Å². The molecule has 2 aliphatic rings. The molecule has 0 saturated carbocycles. The maximum absolute atomic E-state index is 6.55. The van der Waals surface area contributed by atoms with Gasteiger partial charge in [-0.2, -0.15) is 0 Å². The summed E-state index contributed by atoms with van der Waals surface area (Å²) in [5.74, 6) is 2.10. The zero-order valence-corrected chi connectivity index (χ0v) is 40.0. The molecule has 2 heteroatoms. The first-order chi connectivity index (χ1) is 28.4. The molecule has 0 N–H and O–H groups in total. The third-order valence-electron chi connectivity index (χ3n) is 12.3. The molecular weight excluding hydrogens is 729 g/mol. The monoisotopic (exact) mass is 803 g/mol. The summed E-state index contributed by atoms with van der Waals surface area (Å²) in [4.78, 5) is 0. The van der Waals surface area contributed by atoms with Crippen LogP contribution < -0.4 is 9.47 Å². The number of aryl methyl sites for hydroxylation is 12. The zero-order valence-electron chi connectivity index (χ0n) is 40.0. The van der Waals surface area contributed by atoms with Gasteiger partial charge in [-0.3, -0.25) is 0 Å². The van der Waals surface area contributed by atoms with Crippen LogP contribution in [0.25, 0.3) is 0 Å². The van der Waals surface area contributed by atoms with Crippen LogP contribution in [0.15, 0.2) is 115 Å². The number of hydrogen-bond acceptors (Lipinski definition) is 2. The third-order valence-corrected chi connectivity index (χ3v) is 12.3. The summed E-state index contributed by atoms with van der Waals surface area (Å²) < 4.78 is 12.8. The average molecular weight is 803 g/mol. The molecule has 0 aliphatic carbocycles. The Morgan fingerprint density at radius 1 is 0.500 bits per heavy atom. The number of fused-ring (bicyclic) bond motifs is 2. The smallest absolute Gasteiger partial charge is 0.141 e. The van der Waals surface area contributed by atoms with Gasteiger partial charge in [-0.05, 0) is 158 Å². The Morgan fingerprint density at radius 3 is 1.60 bits per heavy atom. The summed E-state index contributed by atoms with van der Waals surface area (Å²) >= 11 is 0. The molecule has 0 bridgehead atoms. The summed E-state index contributed by atoms with van der Waals surface area (Å²) in [5, 5.41) is 0. The van der Waals surface area contributed by atoms with E-state index in [0.717, 1.165) is 30.8 Å². The van der Waals surface area contributed by atoms with Crippen LogP contribution in [0.4, 0.5) is 0 Å². The molecule has 318 valence electrons. The van der Waals surface area contributed by atoms with Crippen LogP contribution in [-0.2, 0) is 23.9 Å². The Bertz CT molecular complexity index is 2300. The van der Waals surface area contributed by atoms with E-state index >= 15 is 0 Å².